The summed E-state index contributed by atoms with van der Waals surface area (Å²) in [5.41, 5.74) is 4.88. The van der Waals surface area contributed by atoms with Crippen molar-refractivity contribution in [2.45, 2.75) is 31.5 Å². The first-order chi connectivity index (χ1) is 14.8. The van der Waals surface area contributed by atoms with Crippen molar-refractivity contribution >= 4 is 12.0 Å². The highest BCUT2D eigenvalue weighted by Gasteiger charge is 2.30. The Bertz CT molecular complexity index is 927. The van der Waals surface area contributed by atoms with Crippen LogP contribution in [0.2, 0.25) is 0 Å². The Kier molecular flexibility index (Phi) is 7.48. The second-order valence-electron chi connectivity index (χ2n) is 7.53. The van der Waals surface area contributed by atoms with E-state index in [-0.39, 0.29) is 12.6 Å². The zero-order chi connectivity index (χ0) is 22.4. The molecule has 0 radical (unpaired) electrons. The molecule has 31 heavy (non-hydrogen) atoms. The molecule has 5 nitrogen and oxygen atoms in total. The average Bonchev–Trinajstić information content (AvgIpc) is 3.17. The van der Waals surface area contributed by atoms with Crippen molar-refractivity contribution in [3.63, 3.8) is 0 Å². The van der Waals surface area contributed by atoms with Crippen molar-refractivity contribution in [2.75, 3.05) is 19.7 Å². The maximum atomic E-state index is 12.7. The number of rotatable bonds is 8. The third kappa shape index (κ3) is 5.94. The van der Waals surface area contributed by atoms with Gasteiger partial charge in [0.05, 0.1) is 12.2 Å². The van der Waals surface area contributed by atoms with E-state index < -0.39 is 17.6 Å². The first kappa shape index (κ1) is 23.0. The van der Waals surface area contributed by atoms with Crippen LogP contribution in [-0.4, -0.2) is 40.8 Å². The number of carbonyl (C=O) groups is 1. The third-order valence-corrected chi connectivity index (χ3v) is 5.55. The number of halogens is 3. The van der Waals surface area contributed by atoms with Gasteiger partial charge in [-0.1, -0.05) is 30.3 Å². The lowest BCUT2D eigenvalue weighted by Crippen LogP contribution is -2.32. The van der Waals surface area contributed by atoms with Crippen LogP contribution in [0.25, 0.3) is 6.08 Å². The van der Waals surface area contributed by atoms with E-state index in [0.29, 0.717) is 19.5 Å². The second-order valence-corrected chi connectivity index (χ2v) is 7.53. The van der Waals surface area contributed by atoms with Crippen LogP contribution in [0, 0.1) is 0 Å². The highest BCUT2D eigenvalue weighted by atomic mass is 19.4. The Morgan fingerprint density at radius 1 is 1.16 bits per heavy atom. The molecule has 1 amide bonds. The number of hydrogen-bond acceptors (Lipinski definition) is 4. The molecule has 166 valence electrons. The Labute approximate surface area is 178 Å². The summed E-state index contributed by atoms with van der Waals surface area (Å²) in [5.74, 6) is -0.601. The number of nitrogens with zero attached hydrogens (tertiary/aromatic N) is 1. The molecular weight excluding hydrogens is 409 g/mol. The predicted octanol–water partition coefficient (Wildman–Crippen LogP) is 3.75. The summed E-state index contributed by atoms with van der Waals surface area (Å²) < 4.78 is 38.2. The lowest BCUT2D eigenvalue weighted by atomic mass is 10.0. The number of fused-ring (bicyclic) bond motifs is 1. The summed E-state index contributed by atoms with van der Waals surface area (Å²) in [6.07, 6.45) is 0.847. The second kappa shape index (κ2) is 10.1. The van der Waals surface area contributed by atoms with Gasteiger partial charge in [-0.25, -0.2) is 5.48 Å². The van der Waals surface area contributed by atoms with Gasteiger partial charge in [0.15, 0.2) is 0 Å². The van der Waals surface area contributed by atoms with Crippen LogP contribution in [0.5, 0.6) is 0 Å². The standard InChI is InChI=1S/C23H25F3N2O3/c24-23(25,26)19-6-1-16(2-7-19)11-12-28(13-14-29)21-9-5-18-15-17(3-8-20(18)21)4-10-22(30)27-31/h1-4,6-8,10,15,21,29,31H,5,9,11-14H2,(H,27,30). The number of aryl methyl sites for hydroxylation is 1. The van der Waals surface area contributed by atoms with Gasteiger partial charge in [-0.3, -0.25) is 14.9 Å². The molecule has 1 atom stereocenters. The number of aliphatic hydroxyl groups is 1. The zero-order valence-electron chi connectivity index (χ0n) is 16.9. The highest BCUT2D eigenvalue weighted by molar-refractivity contribution is 5.90. The molecule has 2 aromatic rings. The molecule has 0 saturated carbocycles. The van der Waals surface area contributed by atoms with Gasteiger partial charge in [0.2, 0.25) is 0 Å². The lowest BCUT2D eigenvalue weighted by molar-refractivity contribution is -0.137. The average molecular weight is 434 g/mol. The fourth-order valence-electron chi connectivity index (χ4n) is 3.99. The van der Waals surface area contributed by atoms with Crippen LogP contribution in [0.3, 0.4) is 0 Å². The third-order valence-electron chi connectivity index (χ3n) is 5.55. The number of benzene rings is 2. The van der Waals surface area contributed by atoms with Crippen molar-refractivity contribution in [1.29, 1.82) is 0 Å². The summed E-state index contributed by atoms with van der Waals surface area (Å²) in [5, 5.41) is 18.1. The van der Waals surface area contributed by atoms with Crippen LogP contribution in [-0.2, 0) is 23.8 Å². The van der Waals surface area contributed by atoms with E-state index in [9.17, 15) is 23.1 Å². The topological polar surface area (TPSA) is 72.8 Å². The maximum Gasteiger partial charge on any atom is 0.416 e. The molecule has 3 N–H and O–H groups in total. The first-order valence-electron chi connectivity index (χ1n) is 10.1. The Morgan fingerprint density at radius 3 is 2.55 bits per heavy atom. The molecule has 0 fully saturated rings. The van der Waals surface area contributed by atoms with Gasteiger partial charge in [0.25, 0.3) is 5.91 Å². The summed E-state index contributed by atoms with van der Waals surface area (Å²) in [7, 11) is 0. The molecule has 1 aliphatic rings. The molecule has 0 aliphatic heterocycles. The van der Waals surface area contributed by atoms with Crippen molar-refractivity contribution < 1.29 is 28.3 Å². The summed E-state index contributed by atoms with van der Waals surface area (Å²) in [4.78, 5) is 13.3. The van der Waals surface area contributed by atoms with Crippen LogP contribution < -0.4 is 5.48 Å². The van der Waals surface area contributed by atoms with Gasteiger partial charge >= 0.3 is 6.18 Å². The van der Waals surface area contributed by atoms with E-state index in [1.54, 1.807) is 11.6 Å². The molecule has 8 heteroatoms. The van der Waals surface area contributed by atoms with Crippen molar-refractivity contribution in [1.82, 2.24) is 10.4 Å². The molecule has 0 heterocycles. The molecule has 2 aromatic carbocycles. The summed E-state index contributed by atoms with van der Waals surface area (Å²) in [6, 6.07) is 11.2. The maximum absolute atomic E-state index is 12.7. The van der Waals surface area contributed by atoms with Crippen molar-refractivity contribution in [3.05, 3.63) is 76.4 Å². The van der Waals surface area contributed by atoms with Gasteiger partial charge in [-0.05, 0) is 59.7 Å². The van der Waals surface area contributed by atoms with Gasteiger partial charge in [0, 0.05) is 25.2 Å². The number of hydrogen-bond donors (Lipinski definition) is 3. The molecule has 3 rings (SSSR count). The van der Waals surface area contributed by atoms with Crippen molar-refractivity contribution in [2.24, 2.45) is 0 Å². The fourth-order valence-corrected chi connectivity index (χ4v) is 3.99. The molecule has 0 aromatic heterocycles. The molecule has 1 unspecified atom stereocenters. The van der Waals surface area contributed by atoms with E-state index in [0.717, 1.165) is 47.2 Å². The minimum Gasteiger partial charge on any atom is -0.395 e. The SMILES string of the molecule is O=C(C=Cc1ccc2c(c1)CCC2N(CCO)CCc1ccc(C(F)(F)F)cc1)NO. The van der Waals surface area contributed by atoms with E-state index in [2.05, 4.69) is 4.90 Å². The van der Waals surface area contributed by atoms with Crippen LogP contribution in [0.4, 0.5) is 13.2 Å². The Morgan fingerprint density at radius 2 is 1.90 bits per heavy atom. The largest absolute Gasteiger partial charge is 0.416 e. The van der Waals surface area contributed by atoms with Crippen LogP contribution >= 0.6 is 0 Å². The molecule has 0 bridgehead atoms. The smallest absolute Gasteiger partial charge is 0.395 e. The highest BCUT2D eigenvalue weighted by Crippen LogP contribution is 2.36. The molecule has 1 aliphatic carbocycles. The summed E-state index contributed by atoms with van der Waals surface area (Å²) >= 11 is 0. The first-order valence-corrected chi connectivity index (χ1v) is 10.1. The molecule has 0 spiro atoms. The van der Waals surface area contributed by atoms with E-state index in [1.807, 2.05) is 18.2 Å². The van der Waals surface area contributed by atoms with Gasteiger partial charge in [0.1, 0.15) is 0 Å². The van der Waals surface area contributed by atoms with Gasteiger partial charge in [-0.15, -0.1) is 0 Å². The predicted molar refractivity (Wildman–Crippen MR) is 110 cm³/mol. The number of hydroxylamine groups is 1. The van der Waals surface area contributed by atoms with Gasteiger partial charge in [-0.2, -0.15) is 13.2 Å². The molecule has 0 saturated heterocycles. The Hall–Kier alpha value is -2.68. The van der Waals surface area contributed by atoms with Gasteiger partial charge < -0.3 is 5.11 Å². The van der Waals surface area contributed by atoms with E-state index >= 15 is 0 Å². The molecular formula is C23H25F3N2O3. The number of alkyl halides is 3. The van der Waals surface area contributed by atoms with E-state index in [1.165, 1.54) is 18.2 Å². The Balaban J connectivity index is 1.69. The number of carbonyl (C=O) groups excluding carboxylic acids is 1. The fraction of sp³-hybridized carbons (Fsp3) is 0.348. The summed E-state index contributed by atoms with van der Waals surface area (Å²) in [6.45, 7) is 1.09. The van der Waals surface area contributed by atoms with Crippen LogP contribution in [0.15, 0.2) is 48.5 Å². The number of amides is 1. The normalized spacial score (nSPS) is 16.1. The zero-order valence-corrected chi connectivity index (χ0v) is 16.9. The van der Waals surface area contributed by atoms with E-state index in [4.69, 9.17) is 5.21 Å². The van der Waals surface area contributed by atoms with Crippen molar-refractivity contribution in [3.8, 4) is 0 Å². The monoisotopic (exact) mass is 434 g/mol. The number of aliphatic hydroxyl groups excluding tert-OH is 1. The lowest BCUT2D eigenvalue weighted by Gasteiger charge is -2.29. The minimum atomic E-state index is -4.34. The van der Waals surface area contributed by atoms with Crippen LogP contribution in [0.1, 0.15) is 40.3 Å². The minimum absolute atomic E-state index is 0.00403. The quantitative estimate of drug-likeness (QED) is 0.336. The number of nitrogens with one attached hydrogen (secondary N) is 1.